The molecule has 0 radical (unpaired) electrons. The van der Waals surface area contributed by atoms with Crippen molar-refractivity contribution in [2.75, 3.05) is 11.1 Å². The van der Waals surface area contributed by atoms with E-state index in [4.69, 9.17) is 5.73 Å². The van der Waals surface area contributed by atoms with E-state index in [2.05, 4.69) is 20.3 Å². The summed E-state index contributed by atoms with van der Waals surface area (Å²) in [7, 11) is 0. The summed E-state index contributed by atoms with van der Waals surface area (Å²) in [6.45, 7) is 0. The normalized spacial score (nSPS) is 10.2. The number of amides is 1. The minimum Gasteiger partial charge on any atom is -0.379 e. The summed E-state index contributed by atoms with van der Waals surface area (Å²) in [5.74, 6) is -2.05. The number of aromatic nitrogens is 2. The Morgan fingerprint density at radius 3 is 2.74 bits per heavy atom. The number of hydrogen-bond donors (Lipinski definition) is 2. The van der Waals surface area contributed by atoms with Crippen LogP contribution in [0.2, 0.25) is 0 Å². The molecule has 0 aliphatic rings. The maximum Gasteiger partial charge on any atom is 0.281 e. The van der Waals surface area contributed by atoms with Gasteiger partial charge in [0.15, 0.2) is 5.82 Å². The minimum absolute atomic E-state index is 0.250. The van der Waals surface area contributed by atoms with Crippen LogP contribution < -0.4 is 11.1 Å². The van der Waals surface area contributed by atoms with Crippen molar-refractivity contribution in [3.05, 3.63) is 39.8 Å². The Balaban J connectivity index is 2.23. The number of hydrogen-bond acceptors (Lipinski definition) is 7. The first kappa shape index (κ1) is 12.4. The fourth-order valence-electron chi connectivity index (χ4n) is 1.25. The van der Waals surface area contributed by atoms with Gasteiger partial charge in [-0.1, -0.05) is 0 Å². The number of anilines is 2. The first-order chi connectivity index (χ1) is 8.99. The Bertz CT molecular complexity index is 656. The highest BCUT2D eigenvalue weighted by molar-refractivity contribution is 6.05. The molecule has 0 bridgehead atoms. The van der Waals surface area contributed by atoms with Crippen molar-refractivity contribution >= 4 is 23.1 Å². The van der Waals surface area contributed by atoms with Gasteiger partial charge >= 0.3 is 0 Å². The van der Waals surface area contributed by atoms with Crippen LogP contribution in [0.3, 0.4) is 0 Å². The number of benzene rings is 1. The van der Waals surface area contributed by atoms with E-state index in [-0.39, 0.29) is 17.2 Å². The third-order valence-electron chi connectivity index (χ3n) is 2.14. The molecule has 1 aromatic carbocycles. The highest BCUT2D eigenvalue weighted by atomic mass is 19.1. The number of nitro benzene ring substituents is 1. The molecule has 0 unspecified atom stereocenters. The summed E-state index contributed by atoms with van der Waals surface area (Å²) in [6, 6.07) is 2.78. The molecule has 1 heterocycles. The van der Waals surface area contributed by atoms with Crippen LogP contribution in [0.1, 0.15) is 10.5 Å². The van der Waals surface area contributed by atoms with Gasteiger partial charge < -0.3 is 11.1 Å². The van der Waals surface area contributed by atoms with Gasteiger partial charge in [-0.15, -0.1) is 0 Å². The molecule has 1 aromatic heterocycles. The van der Waals surface area contributed by atoms with Crippen molar-refractivity contribution in [2.45, 2.75) is 0 Å². The lowest BCUT2D eigenvalue weighted by atomic mass is 10.2. The van der Waals surface area contributed by atoms with Crippen LogP contribution in [0.25, 0.3) is 0 Å². The lowest BCUT2D eigenvalue weighted by Crippen LogP contribution is -2.15. The first-order valence-corrected chi connectivity index (χ1v) is 4.82. The SMILES string of the molecule is Nc1nonc1C(=O)Nc1ccc([N+](=O)[O-])cc1F. The predicted octanol–water partition coefficient (Wildman–Crippen LogP) is 0.951. The van der Waals surface area contributed by atoms with Gasteiger partial charge in [-0.05, 0) is 16.4 Å². The zero-order valence-electron chi connectivity index (χ0n) is 9.16. The van der Waals surface area contributed by atoms with Gasteiger partial charge in [0.2, 0.25) is 11.5 Å². The number of carbonyl (C=O) groups excluding carboxylic acids is 1. The zero-order valence-corrected chi connectivity index (χ0v) is 9.16. The molecule has 0 spiro atoms. The molecule has 0 saturated heterocycles. The topological polar surface area (TPSA) is 137 Å². The summed E-state index contributed by atoms with van der Waals surface area (Å²) in [5.41, 5.74) is 4.29. The van der Waals surface area contributed by atoms with Crippen molar-refractivity contribution in [2.24, 2.45) is 0 Å². The lowest BCUT2D eigenvalue weighted by Gasteiger charge is -2.04. The van der Waals surface area contributed by atoms with Crippen LogP contribution >= 0.6 is 0 Å². The van der Waals surface area contributed by atoms with Crippen LogP contribution in [0.4, 0.5) is 21.6 Å². The molecule has 10 heteroatoms. The lowest BCUT2D eigenvalue weighted by molar-refractivity contribution is -0.385. The van der Waals surface area contributed by atoms with Crippen molar-refractivity contribution in [3.8, 4) is 0 Å². The first-order valence-electron chi connectivity index (χ1n) is 4.82. The molecule has 98 valence electrons. The van der Waals surface area contributed by atoms with E-state index in [1.54, 1.807) is 0 Å². The molecule has 19 heavy (non-hydrogen) atoms. The smallest absolute Gasteiger partial charge is 0.281 e. The molecule has 2 aromatic rings. The Labute approximate surface area is 104 Å². The molecular weight excluding hydrogens is 261 g/mol. The summed E-state index contributed by atoms with van der Waals surface area (Å²) in [6.07, 6.45) is 0. The molecule has 0 fully saturated rings. The van der Waals surface area contributed by atoms with E-state index in [0.29, 0.717) is 6.07 Å². The second kappa shape index (κ2) is 4.68. The van der Waals surface area contributed by atoms with E-state index in [1.165, 1.54) is 0 Å². The second-order valence-electron chi connectivity index (χ2n) is 3.37. The predicted molar refractivity (Wildman–Crippen MR) is 59.7 cm³/mol. The zero-order chi connectivity index (χ0) is 14.0. The van der Waals surface area contributed by atoms with Crippen LogP contribution in [-0.2, 0) is 0 Å². The third kappa shape index (κ3) is 2.46. The largest absolute Gasteiger partial charge is 0.379 e. The number of nitro groups is 1. The molecule has 0 atom stereocenters. The Morgan fingerprint density at radius 2 is 2.21 bits per heavy atom. The number of halogens is 1. The standard InChI is InChI=1S/C9H6FN5O4/c10-5-3-4(15(17)18)1-2-6(5)12-9(16)7-8(11)14-19-13-7/h1-3H,(H2,11,14)(H,12,16). The number of rotatable bonds is 3. The Hall–Kier alpha value is -3.04. The second-order valence-corrected chi connectivity index (χ2v) is 3.37. The average molecular weight is 267 g/mol. The average Bonchev–Trinajstić information content (AvgIpc) is 2.77. The van der Waals surface area contributed by atoms with E-state index in [1.807, 2.05) is 0 Å². The van der Waals surface area contributed by atoms with E-state index in [0.717, 1.165) is 12.1 Å². The number of carbonyl (C=O) groups is 1. The number of nitrogens with two attached hydrogens (primary N) is 1. The molecule has 0 aliphatic heterocycles. The van der Waals surface area contributed by atoms with Crippen molar-refractivity contribution in [1.82, 2.24) is 10.3 Å². The highest BCUT2D eigenvalue weighted by Crippen LogP contribution is 2.21. The third-order valence-corrected chi connectivity index (χ3v) is 2.14. The van der Waals surface area contributed by atoms with Gasteiger partial charge in [0, 0.05) is 6.07 Å². The highest BCUT2D eigenvalue weighted by Gasteiger charge is 2.18. The maximum absolute atomic E-state index is 13.5. The number of nitrogens with zero attached hydrogens (tertiary/aromatic N) is 3. The summed E-state index contributed by atoms with van der Waals surface area (Å²) in [5, 5.41) is 19.0. The van der Waals surface area contributed by atoms with Gasteiger partial charge in [-0.3, -0.25) is 14.9 Å². The number of nitrogen functional groups attached to an aromatic ring is 1. The fraction of sp³-hybridized carbons (Fsp3) is 0. The number of non-ortho nitro benzene ring substituents is 1. The molecule has 3 N–H and O–H groups in total. The summed E-state index contributed by atoms with van der Waals surface area (Å²) in [4.78, 5) is 21.3. The monoisotopic (exact) mass is 267 g/mol. The molecule has 9 nitrogen and oxygen atoms in total. The van der Waals surface area contributed by atoms with Crippen molar-refractivity contribution in [3.63, 3.8) is 0 Å². The molecule has 0 aliphatic carbocycles. The molecular formula is C9H6FN5O4. The molecule has 0 saturated carbocycles. The van der Waals surface area contributed by atoms with Crippen LogP contribution in [0.5, 0.6) is 0 Å². The molecule has 1 amide bonds. The van der Waals surface area contributed by atoms with Crippen LogP contribution in [0.15, 0.2) is 22.8 Å². The van der Waals surface area contributed by atoms with Gasteiger partial charge in [0.05, 0.1) is 16.7 Å². The summed E-state index contributed by atoms with van der Waals surface area (Å²) < 4.78 is 17.7. The maximum atomic E-state index is 13.5. The van der Waals surface area contributed by atoms with E-state index in [9.17, 15) is 19.3 Å². The van der Waals surface area contributed by atoms with Gasteiger partial charge in [0.25, 0.3) is 11.6 Å². The van der Waals surface area contributed by atoms with Gasteiger partial charge in [0.1, 0.15) is 0 Å². The van der Waals surface area contributed by atoms with Gasteiger partial charge in [-0.2, -0.15) is 0 Å². The number of nitrogens with one attached hydrogen (secondary N) is 1. The quantitative estimate of drug-likeness (QED) is 0.623. The van der Waals surface area contributed by atoms with E-state index >= 15 is 0 Å². The van der Waals surface area contributed by atoms with E-state index < -0.39 is 22.3 Å². The summed E-state index contributed by atoms with van der Waals surface area (Å²) >= 11 is 0. The Kier molecular flexibility index (Phi) is 3.06. The van der Waals surface area contributed by atoms with Gasteiger partial charge in [-0.25, -0.2) is 9.02 Å². The van der Waals surface area contributed by atoms with Crippen LogP contribution in [-0.4, -0.2) is 21.1 Å². The minimum atomic E-state index is -0.961. The fourth-order valence-corrected chi connectivity index (χ4v) is 1.25. The van der Waals surface area contributed by atoms with Crippen molar-refractivity contribution in [1.29, 1.82) is 0 Å². The van der Waals surface area contributed by atoms with Crippen LogP contribution in [0, 0.1) is 15.9 Å². The van der Waals surface area contributed by atoms with Crippen molar-refractivity contribution < 1.29 is 18.7 Å². The molecule has 2 rings (SSSR count). The Morgan fingerprint density at radius 1 is 1.47 bits per heavy atom.